The molecule has 0 radical (unpaired) electrons. The van der Waals surface area contributed by atoms with Crippen LogP contribution in [0, 0.1) is 5.92 Å². The van der Waals surface area contributed by atoms with Crippen molar-refractivity contribution in [3.05, 3.63) is 0 Å². The van der Waals surface area contributed by atoms with Gasteiger partial charge in [-0.1, -0.05) is 18.7 Å². The third-order valence-electron chi connectivity index (χ3n) is 1.68. The third-order valence-corrected chi connectivity index (χ3v) is 3.03. The fourth-order valence-electron chi connectivity index (χ4n) is 0.721. The van der Waals surface area contributed by atoms with Gasteiger partial charge in [-0.25, -0.2) is 0 Å². The largest absolute Gasteiger partial charge is 0.396 e. The Morgan fingerprint density at radius 2 is 2.31 bits per heavy atom. The molecule has 0 amide bonds. The van der Waals surface area contributed by atoms with Crippen molar-refractivity contribution >= 4 is 17.7 Å². The summed E-state index contributed by atoms with van der Waals surface area (Å²) in [7, 11) is 1.82. The molecule has 6 heteroatoms. The maximum absolute atomic E-state index is 8.81. The molecule has 0 saturated heterocycles. The zero-order chi connectivity index (χ0) is 9.84. The summed E-state index contributed by atoms with van der Waals surface area (Å²) in [5.74, 6) is 1.50. The topological polar surface area (TPSA) is 77.0 Å². The Morgan fingerprint density at radius 3 is 2.77 bits per heavy atom. The summed E-state index contributed by atoms with van der Waals surface area (Å²) in [6.07, 6.45) is 0. The van der Waals surface area contributed by atoms with E-state index in [0.29, 0.717) is 5.95 Å². The van der Waals surface area contributed by atoms with Crippen LogP contribution in [0.4, 0.5) is 5.95 Å². The summed E-state index contributed by atoms with van der Waals surface area (Å²) < 4.78 is 1.73. The number of thioether (sulfide) groups is 1. The van der Waals surface area contributed by atoms with E-state index in [4.69, 9.17) is 10.8 Å². The molecule has 1 aromatic rings. The molecule has 13 heavy (non-hydrogen) atoms. The first kappa shape index (κ1) is 10.3. The Kier molecular flexibility index (Phi) is 3.56. The number of nitrogens with zero attached hydrogens (tertiary/aromatic N) is 3. The van der Waals surface area contributed by atoms with Gasteiger partial charge in [-0.15, -0.1) is 10.2 Å². The minimum absolute atomic E-state index is 0.195. The molecule has 0 saturated carbocycles. The number of nitrogen functional groups attached to an aromatic ring is 1. The van der Waals surface area contributed by atoms with Crippen molar-refractivity contribution in [2.24, 2.45) is 13.0 Å². The van der Waals surface area contributed by atoms with Crippen molar-refractivity contribution < 1.29 is 5.11 Å². The summed E-state index contributed by atoms with van der Waals surface area (Å²) in [6, 6.07) is 0. The third kappa shape index (κ3) is 2.60. The smallest absolute Gasteiger partial charge is 0.222 e. The van der Waals surface area contributed by atoms with E-state index in [1.807, 2.05) is 14.0 Å². The first-order valence-corrected chi connectivity index (χ1v) is 5.02. The zero-order valence-corrected chi connectivity index (χ0v) is 8.58. The molecule has 5 nitrogen and oxygen atoms in total. The van der Waals surface area contributed by atoms with E-state index in [-0.39, 0.29) is 12.5 Å². The number of aliphatic hydroxyl groups excluding tert-OH is 1. The van der Waals surface area contributed by atoms with Crippen LogP contribution in [0.5, 0.6) is 0 Å². The molecule has 74 valence electrons. The van der Waals surface area contributed by atoms with E-state index in [1.165, 1.54) is 0 Å². The van der Waals surface area contributed by atoms with Crippen LogP contribution in [0.15, 0.2) is 5.16 Å². The molecule has 1 unspecified atom stereocenters. The molecule has 3 N–H and O–H groups in total. The number of aliphatic hydroxyl groups is 1. The molecule has 0 aromatic carbocycles. The van der Waals surface area contributed by atoms with Crippen LogP contribution in [0.25, 0.3) is 0 Å². The van der Waals surface area contributed by atoms with Crippen LogP contribution in [0.3, 0.4) is 0 Å². The fourth-order valence-corrected chi connectivity index (χ4v) is 1.65. The van der Waals surface area contributed by atoms with E-state index in [1.54, 1.807) is 16.3 Å². The predicted octanol–water partition coefficient (Wildman–Crippen LogP) is 0.118. The van der Waals surface area contributed by atoms with Gasteiger partial charge in [-0.2, -0.15) is 0 Å². The van der Waals surface area contributed by atoms with Gasteiger partial charge in [0.2, 0.25) is 5.95 Å². The summed E-state index contributed by atoms with van der Waals surface area (Å²) in [5, 5.41) is 17.2. The van der Waals surface area contributed by atoms with Gasteiger partial charge in [0.25, 0.3) is 0 Å². The molecule has 0 bridgehead atoms. The molecule has 1 aromatic heterocycles. The Hall–Kier alpha value is -0.750. The first-order chi connectivity index (χ1) is 6.15. The van der Waals surface area contributed by atoms with Crippen molar-refractivity contribution in [3.8, 4) is 0 Å². The number of hydrogen-bond acceptors (Lipinski definition) is 5. The SMILES string of the molecule is CC(CO)CSc1nnc(N)n1C. The predicted molar refractivity (Wildman–Crippen MR) is 52.4 cm³/mol. The minimum Gasteiger partial charge on any atom is -0.396 e. The van der Waals surface area contributed by atoms with Crippen LogP contribution in [-0.4, -0.2) is 32.2 Å². The molecule has 1 rings (SSSR count). The van der Waals surface area contributed by atoms with E-state index < -0.39 is 0 Å². The second kappa shape index (κ2) is 4.48. The Labute approximate surface area is 81.3 Å². The monoisotopic (exact) mass is 202 g/mol. The highest BCUT2D eigenvalue weighted by Gasteiger charge is 2.07. The van der Waals surface area contributed by atoms with Crippen molar-refractivity contribution in [3.63, 3.8) is 0 Å². The lowest BCUT2D eigenvalue weighted by Crippen LogP contribution is -2.05. The van der Waals surface area contributed by atoms with Crippen molar-refractivity contribution in [1.82, 2.24) is 14.8 Å². The van der Waals surface area contributed by atoms with Gasteiger partial charge < -0.3 is 10.8 Å². The fraction of sp³-hybridized carbons (Fsp3) is 0.714. The van der Waals surface area contributed by atoms with Crippen LogP contribution < -0.4 is 5.73 Å². The molecular formula is C7H14N4OS. The van der Waals surface area contributed by atoms with Gasteiger partial charge in [0, 0.05) is 19.4 Å². The van der Waals surface area contributed by atoms with E-state index in [0.717, 1.165) is 10.9 Å². The van der Waals surface area contributed by atoms with Crippen molar-refractivity contribution in [2.75, 3.05) is 18.1 Å². The molecular weight excluding hydrogens is 188 g/mol. The molecule has 0 aliphatic heterocycles. The Morgan fingerprint density at radius 1 is 1.62 bits per heavy atom. The normalized spacial score (nSPS) is 13.2. The maximum Gasteiger partial charge on any atom is 0.222 e. The van der Waals surface area contributed by atoms with Crippen LogP contribution in [0.2, 0.25) is 0 Å². The van der Waals surface area contributed by atoms with Crippen molar-refractivity contribution in [1.29, 1.82) is 0 Å². The molecule has 0 aliphatic rings. The number of aromatic nitrogens is 3. The summed E-state index contributed by atoms with van der Waals surface area (Å²) >= 11 is 1.55. The quantitative estimate of drug-likeness (QED) is 0.678. The summed E-state index contributed by atoms with van der Waals surface area (Å²) in [4.78, 5) is 0. The minimum atomic E-state index is 0.195. The average Bonchev–Trinajstić information content (AvgIpc) is 2.44. The number of hydrogen-bond donors (Lipinski definition) is 2. The van der Waals surface area contributed by atoms with Gasteiger partial charge in [0.1, 0.15) is 0 Å². The van der Waals surface area contributed by atoms with Crippen LogP contribution in [-0.2, 0) is 7.05 Å². The Bertz CT molecular complexity index is 275. The highest BCUT2D eigenvalue weighted by Crippen LogP contribution is 2.18. The average molecular weight is 202 g/mol. The van der Waals surface area contributed by atoms with E-state index in [2.05, 4.69) is 10.2 Å². The second-order valence-electron chi connectivity index (χ2n) is 3.00. The van der Waals surface area contributed by atoms with Crippen molar-refractivity contribution in [2.45, 2.75) is 12.1 Å². The highest BCUT2D eigenvalue weighted by molar-refractivity contribution is 7.99. The Balaban J connectivity index is 2.50. The lowest BCUT2D eigenvalue weighted by atomic mass is 10.2. The van der Waals surface area contributed by atoms with Crippen LogP contribution >= 0.6 is 11.8 Å². The molecule has 0 spiro atoms. The van der Waals surface area contributed by atoms with Gasteiger partial charge >= 0.3 is 0 Å². The summed E-state index contributed by atoms with van der Waals surface area (Å²) in [5.41, 5.74) is 5.51. The zero-order valence-electron chi connectivity index (χ0n) is 7.77. The van der Waals surface area contributed by atoms with Gasteiger partial charge in [-0.05, 0) is 5.92 Å². The van der Waals surface area contributed by atoms with Gasteiger partial charge in [0.05, 0.1) is 0 Å². The van der Waals surface area contributed by atoms with E-state index in [9.17, 15) is 0 Å². The van der Waals surface area contributed by atoms with Gasteiger partial charge in [0.15, 0.2) is 5.16 Å². The first-order valence-electron chi connectivity index (χ1n) is 4.03. The van der Waals surface area contributed by atoms with Crippen LogP contribution in [0.1, 0.15) is 6.92 Å². The molecule has 0 fully saturated rings. The summed E-state index contributed by atoms with van der Waals surface area (Å²) in [6.45, 7) is 2.17. The second-order valence-corrected chi connectivity index (χ2v) is 3.99. The molecule has 1 heterocycles. The lowest BCUT2D eigenvalue weighted by molar-refractivity contribution is 0.250. The van der Waals surface area contributed by atoms with E-state index >= 15 is 0 Å². The number of nitrogens with two attached hydrogens (primary N) is 1. The standard InChI is InChI=1S/C7H14N4OS/c1-5(3-12)4-13-7-10-9-6(8)11(7)2/h5,12H,3-4H2,1-2H3,(H2,8,9). The highest BCUT2D eigenvalue weighted by atomic mass is 32.2. The molecule has 0 aliphatic carbocycles. The lowest BCUT2D eigenvalue weighted by Gasteiger charge is -2.05. The maximum atomic E-state index is 8.81. The molecule has 1 atom stereocenters. The number of rotatable bonds is 4. The van der Waals surface area contributed by atoms with Gasteiger partial charge in [-0.3, -0.25) is 4.57 Å². The number of anilines is 1.